The first-order chi connectivity index (χ1) is 11.3. The number of rotatable bonds is 2. The minimum atomic E-state index is -4.56. The zero-order chi connectivity index (χ0) is 17.5. The lowest BCUT2D eigenvalue weighted by atomic mass is 10.1. The molecule has 0 saturated heterocycles. The predicted octanol–water partition coefficient (Wildman–Crippen LogP) is 3.99. The van der Waals surface area contributed by atoms with Crippen molar-refractivity contribution >= 4 is 32.8 Å². The second-order valence-electron chi connectivity index (χ2n) is 4.81. The summed E-state index contributed by atoms with van der Waals surface area (Å²) in [6.07, 6.45) is -3.17. The molecule has 2 heterocycles. The van der Waals surface area contributed by atoms with Crippen molar-refractivity contribution in [3.05, 3.63) is 52.3 Å². The smallest absolute Gasteiger partial charge is 0.433 e. The van der Waals surface area contributed by atoms with Gasteiger partial charge in [-0.25, -0.2) is 14.5 Å². The molecule has 0 radical (unpaired) electrons. The average Bonchev–Trinajstić information content (AvgIpc) is 2.96. The Kier molecular flexibility index (Phi) is 4.04. The molecule has 0 bridgehead atoms. The van der Waals surface area contributed by atoms with E-state index in [1.165, 1.54) is 30.1 Å². The lowest BCUT2D eigenvalue weighted by molar-refractivity contribution is -0.141. The third kappa shape index (κ3) is 2.86. The number of carbonyl (C=O) groups is 1. The molecule has 5 nitrogen and oxygen atoms in total. The maximum absolute atomic E-state index is 12.8. The minimum Gasteiger partial charge on any atom is -0.465 e. The molecule has 3 rings (SSSR count). The molecule has 3 aromatic rings. The second-order valence-corrected chi connectivity index (χ2v) is 5.73. The molecule has 0 saturated carbocycles. The highest BCUT2D eigenvalue weighted by atomic mass is 79.9. The first-order valence-electron chi connectivity index (χ1n) is 6.61. The van der Waals surface area contributed by atoms with Gasteiger partial charge in [0, 0.05) is 9.86 Å². The maximum atomic E-state index is 12.8. The van der Waals surface area contributed by atoms with Gasteiger partial charge in [-0.3, -0.25) is 0 Å². The van der Waals surface area contributed by atoms with Gasteiger partial charge in [0.15, 0.2) is 5.82 Å². The van der Waals surface area contributed by atoms with Crippen LogP contribution >= 0.6 is 15.9 Å². The van der Waals surface area contributed by atoms with E-state index in [1.54, 1.807) is 12.1 Å². The normalized spacial score (nSPS) is 11.7. The maximum Gasteiger partial charge on any atom is 0.433 e. The van der Waals surface area contributed by atoms with Crippen LogP contribution in [0.4, 0.5) is 13.2 Å². The summed E-state index contributed by atoms with van der Waals surface area (Å²) in [5.74, 6) is -0.577. The van der Waals surface area contributed by atoms with Crippen molar-refractivity contribution in [2.75, 3.05) is 7.11 Å². The zero-order valence-electron chi connectivity index (χ0n) is 12.1. The largest absolute Gasteiger partial charge is 0.465 e. The van der Waals surface area contributed by atoms with Gasteiger partial charge >= 0.3 is 12.1 Å². The summed E-state index contributed by atoms with van der Waals surface area (Å²) in [4.78, 5) is 15.5. The predicted molar refractivity (Wildman–Crippen MR) is 82.9 cm³/mol. The number of aromatic nitrogens is 3. The summed E-state index contributed by atoms with van der Waals surface area (Å²) in [6.45, 7) is 0. The van der Waals surface area contributed by atoms with E-state index in [1.807, 2.05) is 0 Å². The molecule has 0 aliphatic heterocycles. The van der Waals surface area contributed by atoms with E-state index in [0.29, 0.717) is 15.4 Å². The highest BCUT2D eigenvalue weighted by Gasteiger charge is 2.32. The number of ether oxygens (including phenoxy) is 1. The van der Waals surface area contributed by atoms with Crippen LogP contribution in [0.1, 0.15) is 16.1 Å². The number of nitrogens with zero attached hydrogens (tertiary/aromatic N) is 3. The number of benzene rings is 1. The molecule has 0 unspecified atom stereocenters. The molecule has 0 atom stereocenters. The Morgan fingerprint density at radius 2 is 2.04 bits per heavy atom. The second kappa shape index (κ2) is 5.90. The van der Waals surface area contributed by atoms with Crippen LogP contribution in [-0.2, 0) is 10.9 Å². The first-order valence-corrected chi connectivity index (χ1v) is 7.41. The Hall–Kier alpha value is -2.42. The van der Waals surface area contributed by atoms with Crippen molar-refractivity contribution in [2.24, 2.45) is 0 Å². The Morgan fingerprint density at radius 1 is 1.29 bits per heavy atom. The number of fused-ring (bicyclic) bond motifs is 1. The van der Waals surface area contributed by atoms with Crippen LogP contribution < -0.4 is 0 Å². The van der Waals surface area contributed by atoms with Crippen LogP contribution in [0.5, 0.6) is 0 Å². The van der Waals surface area contributed by atoms with E-state index in [4.69, 9.17) is 4.74 Å². The van der Waals surface area contributed by atoms with Crippen LogP contribution in [0.2, 0.25) is 0 Å². The number of alkyl halides is 3. The molecular formula is C15H9BrF3N3O2. The van der Waals surface area contributed by atoms with Crippen molar-refractivity contribution in [2.45, 2.75) is 6.18 Å². The topological polar surface area (TPSA) is 57.0 Å². The molecule has 9 heteroatoms. The minimum absolute atomic E-state index is 0.00580. The van der Waals surface area contributed by atoms with Crippen LogP contribution in [0.15, 0.2) is 41.0 Å². The molecule has 0 aliphatic carbocycles. The van der Waals surface area contributed by atoms with Crippen molar-refractivity contribution in [1.82, 2.24) is 14.8 Å². The third-order valence-corrected chi connectivity index (χ3v) is 3.76. The van der Waals surface area contributed by atoms with Crippen molar-refractivity contribution in [3.63, 3.8) is 0 Å². The van der Waals surface area contributed by atoms with Gasteiger partial charge < -0.3 is 4.74 Å². The van der Waals surface area contributed by atoms with Crippen LogP contribution in [0.25, 0.3) is 16.7 Å². The Morgan fingerprint density at radius 3 is 2.71 bits per heavy atom. The molecule has 1 aromatic carbocycles. The summed E-state index contributed by atoms with van der Waals surface area (Å²) in [7, 11) is 1.24. The molecule has 0 amide bonds. The number of carbonyl (C=O) groups excluding carboxylic acids is 1. The lowest BCUT2D eigenvalue weighted by Crippen LogP contribution is -2.10. The summed E-state index contributed by atoms with van der Waals surface area (Å²) < 4.78 is 45.0. The van der Waals surface area contributed by atoms with E-state index < -0.39 is 17.8 Å². The van der Waals surface area contributed by atoms with Gasteiger partial charge in [0.25, 0.3) is 0 Å². The number of hydrogen-bond acceptors (Lipinski definition) is 4. The van der Waals surface area contributed by atoms with Crippen LogP contribution in [0, 0.1) is 0 Å². The molecule has 0 spiro atoms. The van der Waals surface area contributed by atoms with Gasteiger partial charge in [-0.05, 0) is 24.3 Å². The fourth-order valence-electron chi connectivity index (χ4n) is 2.25. The Balaban J connectivity index is 2.22. The number of methoxy groups -OCH3 is 1. The van der Waals surface area contributed by atoms with Crippen LogP contribution in [0.3, 0.4) is 0 Å². The van der Waals surface area contributed by atoms with Gasteiger partial charge in [0.1, 0.15) is 5.69 Å². The molecule has 0 fully saturated rings. The SMILES string of the molecule is COC(=O)c1cc(Br)cc2c1cnn2-c1cccc(C(F)(F)F)n1. The van der Waals surface area contributed by atoms with Crippen LogP contribution in [-0.4, -0.2) is 27.8 Å². The summed E-state index contributed by atoms with van der Waals surface area (Å²) in [6, 6.07) is 6.72. The number of hydrogen-bond donors (Lipinski definition) is 0. The fourth-order valence-corrected chi connectivity index (χ4v) is 2.70. The number of esters is 1. The van der Waals surface area contributed by atoms with Gasteiger partial charge in [0.2, 0.25) is 0 Å². The first kappa shape index (κ1) is 16.4. The fraction of sp³-hybridized carbons (Fsp3) is 0.133. The molecule has 0 N–H and O–H groups in total. The standard InChI is InChI=1S/C15H9BrF3N3O2/c1-24-14(23)9-5-8(16)6-11-10(9)7-20-22(11)13-4-2-3-12(21-13)15(17,18)19/h2-7H,1H3. The summed E-state index contributed by atoms with van der Waals surface area (Å²) in [5.41, 5.74) is -0.344. The van der Waals surface area contributed by atoms with Gasteiger partial charge in [-0.1, -0.05) is 22.0 Å². The lowest BCUT2D eigenvalue weighted by Gasteiger charge is -2.09. The monoisotopic (exact) mass is 399 g/mol. The summed E-state index contributed by atoms with van der Waals surface area (Å²) in [5, 5.41) is 4.51. The summed E-state index contributed by atoms with van der Waals surface area (Å²) >= 11 is 3.27. The number of pyridine rings is 1. The van der Waals surface area contributed by atoms with Gasteiger partial charge in [-0.2, -0.15) is 18.3 Å². The number of halogens is 4. The highest BCUT2D eigenvalue weighted by Crippen LogP contribution is 2.30. The van der Waals surface area contributed by atoms with E-state index in [2.05, 4.69) is 26.0 Å². The third-order valence-electron chi connectivity index (χ3n) is 3.30. The molecule has 124 valence electrons. The van der Waals surface area contributed by atoms with E-state index >= 15 is 0 Å². The molecule has 24 heavy (non-hydrogen) atoms. The quantitative estimate of drug-likeness (QED) is 0.611. The van der Waals surface area contributed by atoms with E-state index in [0.717, 1.165) is 6.07 Å². The van der Waals surface area contributed by atoms with Gasteiger partial charge in [-0.15, -0.1) is 0 Å². The zero-order valence-corrected chi connectivity index (χ0v) is 13.7. The van der Waals surface area contributed by atoms with E-state index in [-0.39, 0.29) is 11.4 Å². The molecule has 2 aromatic heterocycles. The highest BCUT2D eigenvalue weighted by molar-refractivity contribution is 9.10. The Labute approximate surface area is 142 Å². The van der Waals surface area contributed by atoms with Crippen molar-refractivity contribution in [1.29, 1.82) is 0 Å². The van der Waals surface area contributed by atoms with Crippen molar-refractivity contribution in [3.8, 4) is 5.82 Å². The van der Waals surface area contributed by atoms with Crippen molar-refractivity contribution < 1.29 is 22.7 Å². The van der Waals surface area contributed by atoms with Gasteiger partial charge in [0.05, 0.1) is 24.4 Å². The Bertz CT molecular complexity index is 937. The molecular weight excluding hydrogens is 391 g/mol. The average molecular weight is 400 g/mol. The van der Waals surface area contributed by atoms with E-state index in [9.17, 15) is 18.0 Å². The molecule has 0 aliphatic rings.